The SMILES string of the molecule is COc1cccc([C@@H]2O[C@@H](CCOS(C)(=O)=O)c3nnc(CF)n3-c3ccc(Cl)cc32)c1OC. The first-order chi connectivity index (χ1) is 16.3. The fourth-order valence-electron chi connectivity index (χ4n) is 3.99. The Morgan fingerprint density at radius 2 is 1.94 bits per heavy atom. The van der Waals surface area contributed by atoms with Crippen LogP contribution in [-0.2, 0) is 25.7 Å². The summed E-state index contributed by atoms with van der Waals surface area (Å²) in [6, 6.07) is 10.5. The van der Waals surface area contributed by atoms with Crippen molar-refractivity contribution in [3.63, 3.8) is 0 Å². The van der Waals surface area contributed by atoms with Crippen molar-refractivity contribution in [1.29, 1.82) is 0 Å². The number of nitrogens with zero attached hydrogens (tertiary/aromatic N) is 3. The number of para-hydroxylation sites is 1. The number of alkyl halides is 1. The highest BCUT2D eigenvalue weighted by Crippen LogP contribution is 2.46. The summed E-state index contributed by atoms with van der Waals surface area (Å²) in [5.41, 5.74) is 1.85. The van der Waals surface area contributed by atoms with Gasteiger partial charge in [-0.15, -0.1) is 10.2 Å². The molecule has 3 aromatic rings. The van der Waals surface area contributed by atoms with Gasteiger partial charge < -0.3 is 14.2 Å². The topological polar surface area (TPSA) is 102 Å². The molecule has 2 heterocycles. The number of hydrogen-bond acceptors (Lipinski definition) is 8. The van der Waals surface area contributed by atoms with Crippen molar-refractivity contribution in [3.8, 4) is 17.2 Å². The average molecular weight is 512 g/mol. The molecule has 34 heavy (non-hydrogen) atoms. The van der Waals surface area contributed by atoms with Crippen LogP contribution < -0.4 is 9.47 Å². The number of fused-ring (bicyclic) bond motifs is 3. The molecule has 0 aliphatic carbocycles. The number of halogens is 2. The zero-order chi connectivity index (χ0) is 24.5. The van der Waals surface area contributed by atoms with E-state index in [9.17, 15) is 12.8 Å². The molecule has 0 radical (unpaired) electrons. The Hall–Kier alpha value is -2.73. The van der Waals surface area contributed by atoms with Gasteiger partial charge >= 0.3 is 0 Å². The predicted molar refractivity (Wildman–Crippen MR) is 122 cm³/mol. The normalized spacial score (nSPS) is 17.6. The minimum Gasteiger partial charge on any atom is -0.493 e. The molecule has 4 rings (SSSR count). The van der Waals surface area contributed by atoms with Gasteiger partial charge in [0.15, 0.2) is 23.1 Å². The molecule has 1 aliphatic rings. The van der Waals surface area contributed by atoms with Crippen LogP contribution in [0.2, 0.25) is 5.02 Å². The van der Waals surface area contributed by atoms with Crippen LogP contribution >= 0.6 is 11.6 Å². The minimum absolute atomic E-state index is 0.0782. The van der Waals surface area contributed by atoms with Crippen LogP contribution in [0.25, 0.3) is 5.69 Å². The molecule has 0 unspecified atom stereocenters. The monoisotopic (exact) mass is 511 g/mol. The van der Waals surface area contributed by atoms with Gasteiger partial charge in [-0.05, 0) is 24.3 Å². The first-order valence-electron chi connectivity index (χ1n) is 10.3. The van der Waals surface area contributed by atoms with E-state index in [2.05, 4.69) is 10.2 Å². The molecule has 0 bridgehead atoms. The van der Waals surface area contributed by atoms with E-state index in [1.165, 1.54) is 14.2 Å². The van der Waals surface area contributed by atoms with E-state index < -0.39 is 29.0 Å². The van der Waals surface area contributed by atoms with Gasteiger partial charge in [0.2, 0.25) is 0 Å². The molecule has 1 aliphatic heterocycles. The average Bonchev–Trinajstić information content (AvgIpc) is 3.18. The highest BCUT2D eigenvalue weighted by Gasteiger charge is 2.35. The van der Waals surface area contributed by atoms with Gasteiger partial charge in [0.05, 0.1) is 32.8 Å². The van der Waals surface area contributed by atoms with E-state index in [-0.39, 0.29) is 18.9 Å². The first-order valence-corrected chi connectivity index (χ1v) is 12.5. The van der Waals surface area contributed by atoms with Gasteiger partial charge in [-0.25, -0.2) is 4.39 Å². The van der Waals surface area contributed by atoms with Crippen molar-refractivity contribution in [2.45, 2.75) is 25.3 Å². The lowest BCUT2D eigenvalue weighted by atomic mass is 9.98. The Bertz CT molecular complexity index is 1300. The van der Waals surface area contributed by atoms with Crippen molar-refractivity contribution in [3.05, 3.63) is 64.2 Å². The van der Waals surface area contributed by atoms with Crippen LogP contribution in [0.4, 0.5) is 4.39 Å². The molecule has 2 aromatic carbocycles. The fraction of sp³-hybridized carbons (Fsp3) is 0.364. The number of benzene rings is 2. The van der Waals surface area contributed by atoms with Crippen molar-refractivity contribution in [2.24, 2.45) is 0 Å². The molecule has 9 nitrogen and oxygen atoms in total. The lowest BCUT2D eigenvalue weighted by Crippen LogP contribution is -2.15. The highest BCUT2D eigenvalue weighted by atomic mass is 35.5. The molecule has 12 heteroatoms. The maximum absolute atomic E-state index is 13.9. The molecule has 2 atom stereocenters. The number of ether oxygens (including phenoxy) is 3. The van der Waals surface area contributed by atoms with Crippen LogP contribution in [0.1, 0.15) is 41.4 Å². The molecule has 0 fully saturated rings. The molecule has 0 amide bonds. The highest BCUT2D eigenvalue weighted by molar-refractivity contribution is 7.85. The van der Waals surface area contributed by atoms with Crippen LogP contribution in [0.3, 0.4) is 0 Å². The summed E-state index contributed by atoms with van der Waals surface area (Å²) < 4.78 is 61.0. The molecule has 0 saturated heterocycles. The van der Waals surface area contributed by atoms with Crippen molar-refractivity contribution in [2.75, 3.05) is 27.1 Å². The second-order valence-electron chi connectivity index (χ2n) is 7.55. The molecule has 0 saturated carbocycles. The third-order valence-corrected chi connectivity index (χ3v) is 6.20. The summed E-state index contributed by atoms with van der Waals surface area (Å²) in [5.74, 6) is 1.35. The Balaban J connectivity index is 1.90. The molecule has 0 spiro atoms. The van der Waals surface area contributed by atoms with E-state index >= 15 is 0 Å². The van der Waals surface area contributed by atoms with Gasteiger partial charge in [-0.1, -0.05) is 23.7 Å². The number of methoxy groups -OCH3 is 2. The summed E-state index contributed by atoms with van der Waals surface area (Å²) in [5, 5.41) is 8.58. The van der Waals surface area contributed by atoms with E-state index in [0.29, 0.717) is 39.2 Å². The minimum atomic E-state index is -3.67. The van der Waals surface area contributed by atoms with Crippen LogP contribution in [0.15, 0.2) is 36.4 Å². The second kappa shape index (κ2) is 9.87. The first kappa shape index (κ1) is 24.4. The fourth-order valence-corrected chi connectivity index (χ4v) is 4.57. The van der Waals surface area contributed by atoms with Crippen molar-refractivity contribution in [1.82, 2.24) is 14.8 Å². The Labute approximate surface area is 201 Å². The van der Waals surface area contributed by atoms with Gasteiger partial charge in [-0.2, -0.15) is 8.42 Å². The zero-order valence-corrected chi connectivity index (χ0v) is 20.3. The molecule has 0 N–H and O–H groups in total. The van der Waals surface area contributed by atoms with E-state index in [1.807, 2.05) is 6.07 Å². The summed E-state index contributed by atoms with van der Waals surface area (Å²) in [4.78, 5) is 0. The molecule has 182 valence electrons. The van der Waals surface area contributed by atoms with Gasteiger partial charge in [0, 0.05) is 22.6 Å². The van der Waals surface area contributed by atoms with Crippen molar-refractivity contribution < 1.29 is 31.2 Å². The molecule has 1 aromatic heterocycles. The Morgan fingerprint density at radius 1 is 1.15 bits per heavy atom. The maximum Gasteiger partial charge on any atom is 0.264 e. The van der Waals surface area contributed by atoms with E-state index in [1.54, 1.807) is 34.9 Å². The van der Waals surface area contributed by atoms with Crippen LogP contribution in [0, 0.1) is 0 Å². The van der Waals surface area contributed by atoms with Crippen molar-refractivity contribution >= 4 is 21.7 Å². The lowest BCUT2D eigenvalue weighted by molar-refractivity contribution is -0.00770. The van der Waals surface area contributed by atoms with Gasteiger partial charge in [-0.3, -0.25) is 8.75 Å². The van der Waals surface area contributed by atoms with E-state index in [4.69, 9.17) is 30.0 Å². The van der Waals surface area contributed by atoms with Gasteiger partial charge in [0.25, 0.3) is 10.1 Å². The third-order valence-electron chi connectivity index (χ3n) is 5.37. The lowest BCUT2D eigenvalue weighted by Gasteiger charge is -2.25. The summed E-state index contributed by atoms with van der Waals surface area (Å²) in [6.45, 7) is -1.03. The number of rotatable bonds is 8. The maximum atomic E-state index is 13.9. The summed E-state index contributed by atoms with van der Waals surface area (Å²) in [7, 11) is -0.621. The summed E-state index contributed by atoms with van der Waals surface area (Å²) >= 11 is 6.35. The predicted octanol–water partition coefficient (Wildman–Crippen LogP) is 3.93. The summed E-state index contributed by atoms with van der Waals surface area (Å²) in [6.07, 6.45) is -0.452. The number of hydrogen-bond donors (Lipinski definition) is 0. The quantitative estimate of drug-likeness (QED) is 0.419. The Kier molecular flexibility index (Phi) is 7.08. The van der Waals surface area contributed by atoms with Gasteiger partial charge in [0.1, 0.15) is 18.9 Å². The third kappa shape index (κ3) is 4.74. The van der Waals surface area contributed by atoms with Crippen LogP contribution in [-0.4, -0.2) is 50.3 Å². The van der Waals surface area contributed by atoms with E-state index in [0.717, 1.165) is 6.26 Å². The zero-order valence-electron chi connectivity index (χ0n) is 18.7. The molecular weight excluding hydrogens is 489 g/mol. The Morgan fingerprint density at radius 3 is 2.62 bits per heavy atom. The second-order valence-corrected chi connectivity index (χ2v) is 9.63. The van der Waals surface area contributed by atoms with Crippen LogP contribution in [0.5, 0.6) is 11.5 Å². The number of aromatic nitrogens is 3. The smallest absolute Gasteiger partial charge is 0.264 e. The standard InChI is InChI=1S/C22H23ClFN3O6S/c1-30-17-6-4-5-14(21(17)31-2)20-15-11-13(23)7-8-16(15)27-19(12-24)25-26-22(27)18(33-20)9-10-32-34(3,28)29/h4-8,11,18,20H,9-10,12H2,1-3H3/t18-,20-/m0/s1. The molecular formula is C22H23ClFN3O6S. The largest absolute Gasteiger partial charge is 0.493 e.